The summed E-state index contributed by atoms with van der Waals surface area (Å²) >= 11 is 0. The van der Waals surface area contributed by atoms with Crippen LogP contribution in [0.25, 0.3) is 0 Å². The van der Waals surface area contributed by atoms with E-state index in [0.717, 1.165) is 19.3 Å². The van der Waals surface area contributed by atoms with Gasteiger partial charge in [-0.1, -0.05) is 33.6 Å². The molecule has 1 heteroatoms. The van der Waals surface area contributed by atoms with Gasteiger partial charge in [-0.2, -0.15) is 0 Å². The number of carbonyl (C=O) groups excluding carboxylic acids is 1. The first-order valence-corrected chi connectivity index (χ1v) is 5.00. The van der Waals surface area contributed by atoms with E-state index < -0.39 is 0 Å². The van der Waals surface area contributed by atoms with Crippen LogP contribution in [-0.4, -0.2) is 5.78 Å². The first-order chi connectivity index (χ1) is 5.63. The van der Waals surface area contributed by atoms with Crippen LogP contribution < -0.4 is 0 Å². The Labute approximate surface area is 76.6 Å². The molecule has 12 heavy (non-hydrogen) atoms. The van der Waals surface area contributed by atoms with Gasteiger partial charge in [-0.15, -0.1) is 0 Å². The van der Waals surface area contributed by atoms with Gasteiger partial charge in [0.25, 0.3) is 0 Å². The quantitative estimate of drug-likeness (QED) is 0.596. The van der Waals surface area contributed by atoms with Gasteiger partial charge in [0, 0.05) is 11.8 Å². The summed E-state index contributed by atoms with van der Waals surface area (Å²) in [6.45, 7) is 9.89. The van der Waals surface area contributed by atoms with Gasteiger partial charge in [0.15, 0.2) is 0 Å². The zero-order chi connectivity index (χ0) is 9.56. The van der Waals surface area contributed by atoms with Crippen molar-refractivity contribution in [1.82, 2.24) is 0 Å². The van der Waals surface area contributed by atoms with Gasteiger partial charge in [-0.05, 0) is 19.8 Å². The SMILES string of the molecule is [CH2]C(C)C(=O)C(CC)CCCC. The van der Waals surface area contributed by atoms with Crippen LogP contribution in [0.5, 0.6) is 0 Å². The van der Waals surface area contributed by atoms with Gasteiger partial charge in [-0.3, -0.25) is 4.79 Å². The van der Waals surface area contributed by atoms with Crippen LogP contribution in [0.2, 0.25) is 0 Å². The molecule has 2 atom stereocenters. The number of carbonyl (C=O) groups is 1. The molecule has 1 radical (unpaired) electrons. The molecule has 0 saturated heterocycles. The van der Waals surface area contributed by atoms with Crippen molar-refractivity contribution in [2.75, 3.05) is 0 Å². The van der Waals surface area contributed by atoms with Crippen molar-refractivity contribution in [3.8, 4) is 0 Å². The minimum Gasteiger partial charge on any atom is -0.299 e. The maximum absolute atomic E-state index is 11.5. The van der Waals surface area contributed by atoms with Gasteiger partial charge in [0.2, 0.25) is 0 Å². The number of hydrogen-bond donors (Lipinski definition) is 0. The highest BCUT2D eigenvalue weighted by molar-refractivity contribution is 5.83. The summed E-state index contributed by atoms with van der Waals surface area (Å²) in [5, 5.41) is 0. The van der Waals surface area contributed by atoms with E-state index in [9.17, 15) is 4.79 Å². The first-order valence-electron chi connectivity index (χ1n) is 5.00. The summed E-state index contributed by atoms with van der Waals surface area (Å²) in [7, 11) is 0. The second-order valence-electron chi connectivity index (χ2n) is 3.55. The Morgan fingerprint density at radius 3 is 2.33 bits per heavy atom. The van der Waals surface area contributed by atoms with Crippen molar-refractivity contribution < 1.29 is 4.79 Å². The Morgan fingerprint density at radius 2 is 2.00 bits per heavy atom. The molecule has 0 saturated carbocycles. The standard InChI is InChI=1S/C11H21O/c1-5-7-8-10(6-2)11(12)9(3)4/h9-10H,3,5-8H2,1-2,4H3. The average Bonchev–Trinajstić information content (AvgIpc) is 2.05. The molecule has 1 nitrogen and oxygen atoms in total. The molecular formula is C11H21O. The molecule has 0 bridgehead atoms. The van der Waals surface area contributed by atoms with E-state index in [-0.39, 0.29) is 11.8 Å². The number of ketones is 1. The third-order valence-corrected chi connectivity index (χ3v) is 2.29. The highest BCUT2D eigenvalue weighted by Crippen LogP contribution is 2.17. The largest absolute Gasteiger partial charge is 0.299 e. The predicted molar refractivity (Wildman–Crippen MR) is 52.8 cm³/mol. The van der Waals surface area contributed by atoms with Crippen LogP contribution >= 0.6 is 0 Å². The van der Waals surface area contributed by atoms with Gasteiger partial charge in [-0.25, -0.2) is 0 Å². The topological polar surface area (TPSA) is 17.1 Å². The van der Waals surface area contributed by atoms with Gasteiger partial charge in [0.1, 0.15) is 5.78 Å². The second kappa shape index (κ2) is 6.22. The lowest BCUT2D eigenvalue weighted by Gasteiger charge is -2.14. The van der Waals surface area contributed by atoms with Crippen molar-refractivity contribution in [2.24, 2.45) is 11.8 Å². The summed E-state index contributed by atoms with van der Waals surface area (Å²) in [6, 6.07) is 0. The molecule has 0 aromatic heterocycles. The van der Waals surface area contributed by atoms with Crippen molar-refractivity contribution in [2.45, 2.75) is 46.5 Å². The van der Waals surface area contributed by atoms with Crippen LogP contribution in [0, 0.1) is 18.8 Å². The molecule has 0 fully saturated rings. The summed E-state index contributed by atoms with van der Waals surface area (Å²) in [6.07, 6.45) is 4.36. The minimum absolute atomic E-state index is 0.0354. The van der Waals surface area contributed by atoms with E-state index in [1.54, 1.807) is 0 Å². The van der Waals surface area contributed by atoms with Crippen LogP contribution in [-0.2, 0) is 4.79 Å². The molecule has 0 aliphatic heterocycles. The third-order valence-electron chi connectivity index (χ3n) is 2.29. The molecule has 71 valence electrons. The normalized spacial score (nSPS) is 13.4. The molecular weight excluding hydrogens is 148 g/mol. The van der Waals surface area contributed by atoms with Crippen LogP contribution in [0.1, 0.15) is 46.5 Å². The van der Waals surface area contributed by atoms with E-state index in [0.29, 0.717) is 5.78 Å². The highest BCUT2D eigenvalue weighted by Gasteiger charge is 2.18. The Kier molecular flexibility index (Phi) is 6.04. The number of rotatable bonds is 6. The predicted octanol–water partition coefficient (Wildman–Crippen LogP) is 3.24. The van der Waals surface area contributed by atoms with Gasteiger partial charge in [0.05, 0.1) is 0 Å². The van der Waals surface area contributed by atoms with E-state index >= 15 is 0 Å². The smallest absolute Gasteiger partial charge is 0.138 e. The number of unbranched alkanes of at least 4 members (excludes halogenated alkanes) is 1. The Balaban J connectivity index is 3.88. The van der Waals surface area contributed by atoms with E-state index in [2.05, 4.69) is 20.8 Å². The lowest BCUT2D eigenvalue weighted by Crippen LogP contribution is -2.19. The Hall–Kier alpha value is -0.330. The van der Waals surface area contributed by atoms with E-state index in [1.807, 2.05) is 6.92 Å². The average molecular weight is 169 g/mol. The van der Waals surface area contributed by atoms with Gasteiger partial charge >= 0.3 is 0 Å². The maximum atomic E-state index is 11.5. The Bertz CT molecular complexity index is 127. The molecule has 0 aliphatic carbocycles. The molecule has 2 unspecified atom stereocenters. The molecule has 0 spiro atoms. The first kappa shape index (κ1) is 11.7. The Morgan fingerprint density at radius 1 is 1.42 bits per heavy atom. The summed E-state index contributed by atoms with van der Waals surface area (Å²) in [5.74, 6) is 0.565. The number of Topliss-reactive ketones (excluding diaryl/α,β-unsaturated/α-hetero) is 1. The zero-order valence-corrected chi connectivity index (χ0v) is 8.60. The molecule has 0 rings (SSSR count). The minimum atomic E-state index is -0.0354. The van der Waals surface area contributed by atoms with Crippen molar-refractivity contribution in [3.63, 3.8) is 0 Å². The monoisotopic (exact) mass is 169 g/mol. The molecule has 0 aromatic carbocycles. The summed E-state index contributed by atoms with van der Waals surface area (Å²) < 4.78 is 0. The van der Waals surface area contributed by atoms with Crippen molar-refractivity contribution in [3.05, 3.63) is 6.92 Å². The molecule has 0 aromatic rings. The van der Waals surface area contributed by atoms with Crippen LogP contribution in [0.15, 0.2) is 0 Å². The molecule has 0 aliphatic rings. The maximum Gasteiger partial charge on any atom is 0.138 e. The fourth-order valence-electron chi connectivity index (χ4n) is 1.40. The molecule has 0 amide bonds. The van der Waals surface area contributed by atoms with E-state index in [1.165, 1.54) is 6.42 Å². The highest BCUT2D eigenvalue weighted by atomic mass is 16.1. The summed E-state index contributed by atoms with van der Waals surface area (Å²) in [5.41, 5.74) is 0. The number of hydrogen-bond acceptors (Lipinski definition) is 1. The zero-order valence-electron chi connectivity index (χ0n) is 8.60. The van der Waals surface area contributed by atoms with Crippen molar-refractivity contribution in [1.29, 1.82) is 0 Å². The molecule has 0 heterocycles. The lowest BCUT2D eigenvalue weighted by molar-refractivity contribution is -0.125. The molecule has 0 N–H and O–H groups in total. The van der Waals surface area contributed by atoms with Gasteiger partial charge < -0.3 is 0 Å². The summed E-state index contributed by atoms with van der Waals surface area (Å²) in [4.78, 5) is 11.5. The van der Waals surface area contributed by atoms with Crippen LogP contribution in [0.3, 0.4) is 0 Å². The second-order valence-corrected chi connectivity index (χ2v) is 3.55. The third kappa shape index (κ3) is 3.89. The van der Waals surface area contributed by atoms with E-state index in [4.69, 9.17) is 0 Å². The van der Waals surface area contributed by atoms with Crippen molar-refractivity contribution >= 4 is 5.78 Å². The fourth-order valence-corrected chi connectivity index (χ4v) is 1.40. The lowest BCUT2D eigenvalue weighted by atomic mass is 9.89. The fraction of sp³-hybridized carbons (Fsp3) is 0.818. The van der Waals surface area contributed by atoms with Crippen LogP contribution in [0.4, 0.5) is 0 Å².